The number of benzene rings is 1. The van der Waals surface area contributed by atoms with Gasteiger partial charge >= 0.3 is 6.03 Å². The molecule has 8 nitrogen and oxygen atoms in total. The van der Waals surface area contributed by atoms with Gasteiger partial charge in [-0.1, -0.05) is 6.92 Å². The van der Waals surface area contributed by atoms with Crippen LogP contribution in [0.25, 0.3) is 10.9 Å². The fourth-order valence-corrected chi connectivity index (χ4v) is 5.38. The minimum absolute atomic E-state index is 0.0257. The van der Waals surface area contributed by atoms with Gasteiger partial charge in [0, 0.05) is 61.4 Å². The summed E-state index contributed by atoms with van der Waals surface area (Å²) in [6, 6.07) is 3.70. The molecule has 3 atom stereocenters. The van der Waals surface area contributed by atoms with Crippen molar-refractivity contribution in [3.63, 3.8) is 0 Å². The summed E-state index contributed by atoms with van der Waals surface area (Å²) in [6.07, 6.45) is 4.78. The van der Waals surface area contributed by atoms with E-state index in [0.29, 0.717) is 19.1 Å². The number of hydrogen-bond acceptors (Lipinski definition) is 4. The highest BCUT2D eigenvalue weighted by molar-refractivity contribution is 5.90. The molecule has 1 saturated heterocycles. The predicted octanol–water partition coefficient (Wildman–Crippen LogP) is 3.62. The third kappa shape index (κ3) is 3.53. The molecule has 8 heteroatoms. The van der Waals surface area contributed by atoms with Crippen LogP contribution in [0.1, 0.15) is 50.7 Å². The van der Waals surface area contributed by atoms with Gasteiger partial charge in [-0.3, -0.25) is 15.0 Å². The zero-order valence-corrected chi connectivity index (χ0v) is 18.0. The molecule has 1 aliphatic heterocycles. The van der Waals surface area contributed by atoms with Crippen LogP contribution >= 0.6 is 0 Å². The number of carbonyl (C=O) groups is 1. The van der Waals surface area contributed by atoms with E-state index in [-0.39, 0.29) is 28.6 Å². The molecule has 2 heterocycles. The van der Waals surface area contributed by atoms with Crippen molar-refractivity contribution in [2.75, 3.05) is 26.2 Å². The molecule has 0 radical (unpaired) electrons. The molecular formula is C22H31N5O3. The number of non-ortho nitro benzene ring substituents is 1. The Kier molecular flexibility index (Phi) is 5.69. The fourth-order valence-electron chi connectivity index (χ4n) is 5.38. The molecule has 2 aromatic rings. The Labute approximate surface area is 176 Å². The SMILES string of the molecule is CCCN1C[C@@H](NC(=O)N(CC)CC)C[C@@H]2c3cc([N+](=O)[O-])cc4[nH]cc(c34)C[C@H]21. The average molecular weight is 414 g/mol. The molecule has 1 fully saturated rings. The molecule has 1 aromatic carbocycles. The fraction of sp³-hybridized carbons (Fsp3) is 0.591. The Morgan fingerprint density at radius 3 is 2.77 bits per heavy atom. The quantitative estimate of drug-likeness (QED) is 0.559. The van der Waals surface area contributed by atoms with Crippen LogP contribution in [0.4, 0.5) is 10.5 Å². The first-order chi connectivity index (χ1) is 14.5. The molecule has 0 unspecified atom stereocenters. The number of carbonyl (C=O) groups excluding carboxylic acids is 1. The molecule has 2 aliphatic rings. The largest absolute Gasteiger partial charge is 0.361 e. The van der Waals surface area contributed by atoms with E-state index in [1.54, 1.807) is 17.0 Å². The van der Waals surface area contributed by atoms with Crippen molar-refractivity contribution in [1.29, 1.82) is 0 Å². The number of aromatic amines is 1. The standard InChI is InChI=1S/C22H31N5O3/c1-4-7-26-13-15(24-22(28)25(5-2)6-3)9-17-18-10-16(27(29)30)11-19-21(18)14(12-23-19)8-20(17)26/h10-12,15,17,20,23H,4-9,13H2,1-3H3,(H,24,28)/t15-,17+,20+/m0/s1. The first-order valence-electron chi connectivity index (χ1n) is 11.0. The van der Waals surface area contributed by atoms with E-state index in [9.17, 15) is 14.9 Å². The van der Waals surface area contributed by atoms with Crippen LogP contribution in [0.15, 0.2) is 18.3 Å². The van der Waals surface area contributed by atoms with Gasteiger partial charge in [-0.05, 0) is 50.8 Å². The van der Waals surface area contributed by atoms with E-state index in [0.717, 1.165) is 48.8 Å². The average Bonchev–Trinajstić information content (AvgIpc) is 3.13. The number of amides is 2. The van der Waals surface area contributed by atoms with Crippen molar-refractivity contribution in [1.82, 2.24) is 20.1 Å². The topological polar surface area (TPSA) is 94.5 Å². The molecule has 2 amide bonds. The summed E-state index contributed by atoms with van der Waals surface area (Å²) < 4.78 is 0. The van der Waals surface area contributed by atoms with Gasteiger partial charge in [0.1, 0.15) is 0 Å². The minimum Gasteiger partial charge on any atom is -0.361 e. The Morgan fingerprint density at radius 1 is 1.33 bits per heavy atom. The van der Waals surface area contributed by atoms with Crippen LogP contribution in [0.2, 0.25) is 0 Å². The molecule has 0 bridgehead atoms. The van der Waals surface area contributed by atoms with Crippen LogP contribution in [-0.4, -0.2) is 64.0 Å². The summed E-state index contributed by atoms with van der Waals surface area (Å²) in [5.41, 5.74) is 3.25. The maximum atomic E-state index is 12.7. The second kappa shape index (κ2) is 8.26. The van der Waals surface area contributed by atoms with Crippen LogP contribution in [0.3, 0.4) is 0 Å². The number of nitrogens with zero attached hydrogens (tertiary/aromatic N) is 3. The second-order valence-corrected chi connectivity index (χ2v) is 8.46. The van der Waals surface area contributed by atoms with Crippen LogP contribution in [0, 0.1) is 10.1 Å². The number of aromatic nitrogens is 1. The first kappa shape index (κ1) is 20.7. The van der Waals surface area contributed by atoms with Crippen LogP contribution in [0.5, 0.6) is 0 Å². The van der Waals surface area contributed by atoms with Crippen molar-refractivity contribution in [3.8, 4) is 0 Å². The minimum atomic E-state index is -0.313. The van der Waals surface area contributed by atoms with Crippen molar-refractivity contribution in [2.24, 2.45) is 0 Å². The highest BCUT2D eigenvalue weighted by Gasteiger charge is 2.41. The van der Waals surface area contributed by atoms with E-state index in [1.807, 2.05) is 20.0 Å². The van der Waals surface area contributed by atoms with Gasteiger partial charge in [0.2, 0.25) is 0 Å². The van der Waals surface area contributed by atoms with E-state index in [1.165, 1.54) is 5.56 Å². The van der Waals surface area contributed by atoms with E-state index in [2.05, 4.69) is 22.1 Å². The summed E-state index contributed by atoms with van der Waals surface area (Å²) in [4.78, 5) is 31.4. The first-order valence-corrected chi connectivity index (χ1v) is 11.0. The van der Waals surface area contributed by atoms with Crippen molar-refractivity contribution >= 4 is 22.6 Å². The van der Waals surface area contributed by atoms with Gasteiger partial charge in [0.15, 0.2) is 0 Å². The molecule has 30 heavy (non-hydrogen) atoms. The maximum absolute atomic E-state index is 12.7. The molecule has 162 valence electrons. The molecule has 0 saturated carbocycles. The predicted molar refractivity (Wildman–Crippen MR) is 117 cm³/mol. The third-order valence-electron chi connectivity index (χ3n) is 6.73. The third-order valence-corrected chi connectivity index (χ3v) is 6.73. The molecule has 1 aromatic heterocycles. The maximum Gasteiger partial charge on any atom is 0.317 e. The number of hydrogen-bond donors (Lipinski definition) is 2. The van der Waals surface area contributed by atoms with E-state index >= 15 is 0 Å². The van der Waals surface area contributed by atoms with Crippen molar-refractivity contribution in [3.05, 3.63) is 39.6 Å². The lowest BCUT2D eigenvalue weighted by molar-refractivity contribution is -0.384. The van der Waals surface area contributed by atoms with Crippen molar-refractivity contribution in [2.45, 2.75) is 58.0 Å². The number of rotatable bonds is 6. The lowest BCUT2D eigenvalue weighted by Crippen LogP contribution is -2.57. The van der Waals surface area contributed by atoms with Gasteiger partial charge < -0.3 is 15.2 Å². The number of nitro groups is 1. The van der Waals surface area contributed by atoms with Gasteiger partial charge in [0.05, 0.1) is 10.4 Å². The highest BCUT2D eigenvalue weighted by Crippen LogP contribution is 2.45. The summed E-state index contributed by atoms with van der Waals surface area (Å²) in [5, 5.41) is 15.9. The molecular weight excluding hydrogens is 382 g/mol. The van der Waals surface area contributed by atoms with Gasteiger partial charge in [-0.2, -0.15) is 0 Å². The lowest BCUT2D eigenvalue weighted by atomic mass is 9.73. The van der Waals surface area contributed by atoms with Crippen LogP contribution < -0.4 is 5.32 Å². The van der Waals surface area contributed by atoms with Crippen LogP contribution in [-0.2, 0) is 6.42 Å². The van der Waals surface area contributed by atoms with Gasteiger partial charge in [-0.15, -0.1) is 0 Å². The summed E-state index contributed by atoms with van der Waals surface area (Å²) >= 11 is 0. The number of nitro benzene ring substituents is 1. The Bertz CT molecular complexity index is 952. The molecule has 1 aliphatic carbocycles. The highest BCUT2D eigenvalue weighted by atomic mass is 16.6. The summed E-state index contributed by atoms with van der Waals surface area (Å²) in [5.74, 6) is 0.165. The Balaban J connectivity index is 1.70. The molecule has 4 rings (SSSR count). The summed E-state index contributed by atoms with van der Waals surface area (Å²) in [6.45, 7) is 9.27. The number of piperidine rings is 1. The Hall–Kier alpha value is -2.61. The van der Waals surface area contributed by atoms with Gasteiger partial charge in [-0.25, -0.2) is 4.79 Å². The second-order valence-electron chi connectivity index (χ2n) is 8.46. The lowest BCUT2D eigenvalue weighted by Gasteiger charge is -2.47. The monoisotopic (exact) mass is 413 g/mol. The molecule has 0 spiro atoms. The Morgan fingerprint density at radius 2 is 2.10 bits per heavy atom. The van der Waals surface area contributed by atoms with E-state index < -0.39 is 0 Å². The normalized spacial score (nSPS) is 23.2. The number of H-pyrrole nitrogens is 1. The zero-order chi connectivity index (χ0) is 21.4. The van der Waals surface area contributed by atoms with Gasteiger partial charge in [0.25, 0.3) is 5.69 Å². The van der Waals surface area contributed by atoms with Crippen molar-refractivity contribution < 1.29 is 9.72 Å². The molecule has 2 N–H and O–H groups in total. The number of nitrogens with one attached hydrogen (secondary N) is 2. The number of likely N-dealkylation sites (tertiary alicyclic amines) is 1. The number of urea groups is 1. The summed E-state index contributed by atoms with van der Waals surface area (Å²) in [7, 11) is 0. The smallest absolute Gasteiger partial charge is 0.317 e. The zero-order valence-electron chi connectivity index (χ0n) is 18.0. The van der Waals surface area contributed by atoms with E-state index in [4.69, 9.17) is 0 Å². The number of fused-ring (bicyclic) bond motifs is 2.